The van der Waals surface area contributed by atoms with Crippen LogP contribution in [0.3, 0.4) is 0 Å². The van der Waals surface area contributed by atoms with Gasteiger partial charge < -0.3 is 14.8 Å². The third-order valence-electron chi connectivity index (χ3n) is 3.83. The van der Waals surface area contributed by atoms with E-state index in [1.165, 1.54) is 12.3 Å². The van der Waals surface area contributed by atoms with Gasteiger partial charge in [0.05, 0.1) is 11.8 Å². The highest BCUT2D eigenvalue weighted by atomic mass is 79.9. The molecule has 0 fully saturated rings. The summed E-state index contributed by atoms with van der Waals surface area (Å²) in [6.45, 7) is 1.81. The van der Waals surface area contributed by atoms with Crippen LogP contribution in [0.4, 0.5) is 10.5 Å². The average Bonchev–Trinajstić information content (AvgIpc) is 3.12. The van der Waals surface area contributed by atoms with Crippen molar-refractivity contribution in [1.29, 1.82) is 0 Å². The van der Waals surface area contributed by atoms with Crippen molar-refractivity contribution in [2.75, 3.05) is 5.32 Å². The predicted molar refractivity (Wildman–Crippen MR) is 110 cm³/mol. The molecule has 142 valence electrons. The Morgan fingerprint density at radius 2 is 1.86 bits per heavy atom. The number of amides is 2. The molecule has 3 N–H and O–H groups in total. The van der Waals surface area contributed by atoms with Gasteiger partial charge in [-0.3, -0.25) is 0 Å². The molecule has 0 unspecified atom stereocenters. The number of hydrazone groups is 1. The zero-order valence-corrected chi connectivity index (χ0v) is 16.4. The second-order valence-corrected chi connectivity index (χ2v) is 6.78. The number of carbonyl (C=O) groups excluding carboxylic acids is 1. The van der Waals surface area contributed by atoms with E-state index in [0.29, 0.717) is 17.2 Å². The number of halogens is 1. The second kappa shape index (κ2) is 8.53. The number of carboxylic acids is 1. The molecule has 2 aromatic carbocycles. The van der Waals surface area contributed by atoms with Gasteiger partial charge in [0.1, 0.15) is 11.5 Å². The fraction of sp³-hybridized carbons (Fsp3) is 0.0500. The first-order chi connectivity index (χ1) is 13.4. The van der Waals surface area contributed by atoms with Crippen LogP contribution in [-0.4, -0.2) is 23.3 Å². The van der Waals surface area contributed by atoms with E-state index in [0.717, 1.165) is 15.6 Å². The minimum Gasteiger partial charge on any atom is -0.478 e. The summed E-state index contributed by atoms with van der Waals surface area (Å²) in [5, 5.41) is 15.5. The Bertz CT molecular complexity index is 1040. The lowest BCUT2D eigenvalue weighted by Crippen LogP contribution is -2.24. The highest BCUT2D eigenvalue weighted by molar-refractivity contribution is 9.10. The number of nitrogens with zero attached hydrogens (tertiary/aromatic N) is 1. The van der Waals surface area contributed by atoms with Crippen molar-refractivity contribution in [1.82, 2.24) is 5.43 Å². The molecule has 0 radical (unpaired) electrons. The Morgan fingerprint density at radius 3 is 2.54 bits per heavy atom. The van der Waals surface area contributed by atoms with Gasteiger partial charge in [-0.25, -0.2) is 15.0 Å². The maximum atomic E-state index is 11.8. The van der Waals surface area contributed by atoms with Crippen molar-refractivity contribution in [3.8, 4) is 11.3 Å². The molecule has 0 saturated heterocycles. The van der Waals surface area contributed by atoms with Gasteiger partial charge in [0.25, 0.3) is 0 Å². The molecule has 28 heavy (non-hydrogen) atoms. The first-order valence-electron chi connectivity index (χ1n) is 8.22. The average molecular weight is 442 g/mol. The summed E-state index contributed by atoms with van der Waals surface area (Å²) in [6, 6.07) is 14.9. The topological polar surface area (TPSA) is 104 Å². The van der Waals surface area contributed by atoms with Crippen LogP contribution in [0.5, 0.6) is 0 Å². The fourth-order valence-corrected chi connectivity index (χ4v) is 2.75. The van der Waals surface area contributed by atoms with Gasteiger partial charge in [-0.05, 0) is 61.0 Å². The molecular formula is C20H16BrN3O4. The fourth-order valence-electron chi connectivity index (χ4n) is 2.49. The zero-order valence-electron chi connectivity index (χ0n) is 14.8. The van der Waals surface area contributed by atoms with E-state index in [1.54, 1.807) is 36.4 Å². The van der Waals surface area contributed by atoms with E-state index in [4.69, 9.17) is 9.52 Å². The normalized spacial score (nSPS) is 10.8. The lowest BCUT2D eigenvalue weighted by molar-refractivity contribution is 0.0696. The summed E-state index contributed by atoms with van der Waals surface area (Å²) >= 11 is 3.32. The Labute approximate surface area is 169 Å². The largest absolute Gasteiger partial charge is 0.478 e. The molecule has 3 rings (SSSR count). The number of benzene rings is 2. The third kappa shape index (κ3) is 4.86. The van der Waals surface area contributed by atoms with Gasteiger partial charge in [0, 0.05) is 15.7 Å². The number of carbonyl (C=O) groups is 2. The molecule has 8 heteroatoms. The van der Waals surface area contributed by atoms with E-state index < -0.39 is 12.0 Å². The lowest BCUT2D eigenvalue weighted by atomic mass is 10.0. The lowest BCUT2D eigenvalue weighted by Gasteiger charge is -2.04. The van der Waals surface area contributed by atoms with Crippen molar-refractivity contribution in [3.63, 3.8) is 0 Å². The van der Waals surface area contributed by atoms with Crippen LogP contribution >= 0.6 is 15.9 Å². The molecule has 2 amide bonds. The standard InChI is InChI=1S/C20H16BrN3O4/c1-12-10-13(19(25)26)2-8-17(12)18-9-7-16(28-18)11-22-24-20(27)23-15-5-3-14(21)4-6-15/h2-11H,1H3,(H,25,26)(H2,23,24,27)/b22-11+. The number of furan rings is 1. The summed E-state index contributed by atoms with van der Waals surface area (Å²) in [5.74, 6) is 0.0465. The maximum Gasteiger partial charge on any atom is 0.339 e. The quantitative estimate of drug-likeness (QED) is 0.387. The summed E-state index contributed by atoms with van der Waals surface area (Å²) in [7, 11) is 0. The molecule has 0 aliphatic heterocycles. The monoisotopic (exact) mass is 441 g/mol. The number of aromatic carboxylic acids is 1. The SMILES string of the molecule is Cc1cc(C(=O)O)ccc1-c1ccc(/C=N/NC(=O)Nc2ccc(Br)cc2)o1. The van der Waals surface area contributed by atoms with Crippen LogP contribution in [0.15, 0.2) is 68.6 Å². The van der Waals surface area contributed by atoms with Crippen LogP contribution in [0.2, 0.25) is 0 Å². The number of hydrogen-bond acceptors (Lipinski definition) is 4. The molecule has 1 heterocycles. The zero-order chi connectivity index (χ0) is 20.1. The first kappa shape index (κ1) is 19.4. The van der Waals surface area contributed by atoms with Crippen LogP contribution < -0.4 is 10.7 Å². The number of carboxylic acid groups (broad SMARTS) is 1. The van der Waals surface area contributed by atoms with E-state index in [9.17, 15) is 9.59 Å². The molecule has 0 atom stereocenters. The van der Waals surface area contributed by atoms with Crippen molar-refractivity contribution >= 4 is 39.8 Å². The van der Waals surface area contributed by atoms with E-state index >= 15 is 0 Å². The van der Waals surface area contributed by atoms with E-state index in [2.05, 4.69) is 31.8 Å². The molecular weight excluding hydrogens is 426 g/mol. The van der Waals surface area contributed by atoms with Crippen LogP contribution in [-0.2, 0) is 0 Å². The van der Waals surface area contributed by atoms with Crippen molar-refractivity contribution in [2.24, 2.45) is 5.10 Å². The van der Waals surface area contributed by atoms with Crippen molar-refractivity contribution in [3.05, 3.63) is 76.0 Å². The highest BCUT2D eigenvalue weighted by Crippen LogP contribution is 2.26. The molecule has 0 spiro atoms. The summed E-state index contributed by atoms with van der Waals surface area (Å²) in [5.41, 5.74) is 4.78. The smallest absolute Gasteiger partial charge is 0.339 e. The Morgan fingerprint density at radius 1 is 1.11 bits per heavy atom. The van der Waals surface area contributed by atoms with E-state index in [-0.39, 0.29) is 5.56 Å². The summed E-state index contributed by atoms with van der Waals surface area (Å²) in [6.07, 6.45) is 1.38. The van der Waals surface area contributed by atoms with Crippen LogP contribution in [0.1, 0.15) is 21.7 Å². The Kier molecular flexibility index (Phi) is 5.90. The highest BCUT2D eigenvalue weighted by Gasteiger charge is 2.10. The Hall–Kier alpha value is -3.39. The number of aryl methyl sites for hydroxylation is 1. The first-order valence-corrected chi connectivity index (χ1v) is 9.01. The molecule has 0 aliphatic rings. The Balaban J connectivity index is 1.62. The minimum atomic E-state index is -0.977. The summed E-state index contributed by atoms with van der Waals surface area (Å²) < 4.78 is 6.61. The van der Waals surface area contributed by atoms with Crippen LogP contribution in [0.25, 0.3) is 11.3 Å². The number of rotatable bonds is 5. The van der Waals surface area contributed by atoms with E-state index in [1.807, 2.05) is 19.1 Å². The second-order valence-electron chi connectivity index (χ2n) is 5.87. The molecule has 1 aromatic heterocycles. The number of nitrogens with one attached hydrogen (secondary N) is 2. The third-order valence-corrected chi connectivity index (χ3v) is 4.35. The predicted octanol–water partition coefficient (Wildman–Crippen LogP) is 4.87. The minimum absolute atomic E-state index is 0.218. The van der Waals surface area contributed by atoms with Crippen LogP contribution in [0, 0.1) is 6.92 Å². The molecule has 3 aromatic rings. The van der Waals surface area contributed by atoms with Crippen molar-refractivity contribution in [2.45, 2.75) is 6.92 Å². The van der Waals surface area contributed by atoms with Gasteiger partial charge in [-0.2, -0.15) is 5.10 Å². The van der Waals surface area contributed by atoms with Gasteiger partial charge in [-0.15, -0.1) is 0 Å². The van der Waals surface area contributed by atoms with Crippen molar-refractivity contribution < 1.29 is 19.1 Å². The number of hydrogen-bond donors (Lipinski definition) is 3. The van der Waals surface area contributed by atoms with Gasteiger partial charge in [0.2, 0.25) is 0 Å². The molecule has 0 saturated carbocycles. The number of urea groups is 1. The van der Waals surface area contributed by atoms with Gasteiger partial charge in [0.15, 0.2) is 0 Å². The maximum absolute atomic E-state index is 11.8. The number of anilines is 1. The summed E-state index contributed by atoms with van der Waals surface area (Å²) in [4.78, 5) is 22.8. The molecule has 0 bridgehead atoms. The molecule has 0 aliphatic carbocycles. The van der Waals surface area contributed by atoms with Gasteiger partial charge in [-0.1, -0.05) is 22.0 Å². The van der Waals surface area contributed by atoms with Gasteiger partial charge >= 0.3 is 12.0 Å². The molecule has 7 nitrogen and oxygen atoms in total.